The third-order valence-electron chi connectivity index (χ3n) is 3.43. The zero-order valence-electron chi connectivity index (χ0n) is 13.5. The molecule has 0 saturated heterocycles. The summed E-state index contributed by atoms with van der Waals surface area (Å²) >= 11 is 1.68. The molecule has 0 atom stereocenters. The van der Waals surface area contributed by atoms with Crippen LogP contribution in [0.3, 0.4) is 0 Å². The molecule has 1 amide bonds. The topological polar surface area (TPSA) is 50.7 Å². The summed E-state index contributed by atoms with van der Waals surface area (Å²) in [6, 6.07) is 13.7. The van der Waals surface area contributed by atoms with E-state index in [-0.39, 0.29) is 12.5 Å². The van der Waals surface area contributed by atoms with E-state index in [1.807, 2.05) is 62.6 Å². The molecule has 1 N–H and O–H groups in total. The van der Waals surface area contributed by atoms with E-state index in [1.165, 1.54) is 4.90 Å². The van der Waals surface area contributed by atoms with Crippen molar-refractivity contribution < 1.29 is 9.53 Å². The summed E-state index contributed by atoms with van der Waals surface area (Å²) < 4.78 is 5.52. The maximum absolute atomic E-state index is 11.8. The second kappa shape index (κ2) is 8.39. The highest BCUT2D eigenvalue weighted by Crippen LogP contribution is 2.20. The van der Waals surface area contributed by atoms with Crippen LogP contribution in [0.15, 0.2) is 52.5 Å². The highest BCUT2D eigenvalue weighted by molar-refractivity contribution is 7.98. The fourth-order valence-corrected chi connectivity index (χ4v) is 2.33. The second-order valence-corrected chi connectivity index (χ2v) is 5.93. The minimum Gasteiger partial charge on any atom is -0.483 e. The lowest BCUT2D eigenvalue weighted by Gasteiger charge is -2.09. The molecule has 2 aromatic rings. The van der Waals surface area contributed by atoms with Crippen LogP contribution in [0, 0.1) is 13.8 Å². The Hall–Kier alpha value is -2.27. The first kappa shape index (κ1) is 17.1. The maximum Gasteiger partial charge on any atom is 0.277 e. The number of amides is 1. The first-order valence-electron chi connectivity index (χ1n) is 7.25. The number of ether oxygens (including phenoxy) is 1. The Balaban J connectivity index is 1.82. The van der Waals surface area contributed by atoms with Crippen LogP contribution < -0.4 is 10.2 Å². The molecule has 23 heavy (non-hydrogen) atoms. The third kappa shape index (κ3) is 5.14. The van der Waals surface area contributed by atoms with Crippen LogP contribution in [0.4, 0.5) is 0 Å². The van der Waals surface area contributed by atoms with Crippen molar-refractivity contribution in [2.24, 2.45) is 5.10 Å². The van der Waals surface area contributed by atoms with Gasteiger partial charge in [0.1, 0.15) is 5.75 Å². The highest BCUT2D eigenvalue weighted by atomic mass is 32.2. The van der Waals surface area contributed by atoms with Gasteiger partial charge in [-0.15, -0.1) is 11.8 Å². The number of thioether (sulfide) groups is 1. The first-order chi connectivity index (χ1) is 11.1. The van der Waals surface area contributed by atoms with E-state index in [9.17, 15) is 4.79 Å². The molecule has 0 saturated carbocycles. The van der Waals surface area contributed by atoms with E-state index in [0.717, 1.165) is 22.4 Å². The molecule has 0 bridgehead atoms. The van der Waals surface area contributed by atoms with Crippen molar-refractivity contribution in [3.8, 4) is 5.75 Å². The number of hydrogen-bond donors (Lipinski definition) is 1. The number of aryl methyl sites for hydroxylation is 1. The van der Waals surface area contributed by atoms with Gasteiger partial charge in [-0.1, -0.05) is 24.3 Å². The summed E-state index contributed by atoms with van der Waals surface area (Å²) in [5, 5.41) is 3.94. The molecule has 0 fully saturated rings. The summed E-state index contributed by atoms with van der Waals surface area (Å²) in [6.07, 6.45) is 3.64. The van der Waals surface area contributed by atoms with E-state index in [0.29, 0.717) is 0 Å². The van der Waals surface area contributed by atoms with Crippen LogP contribution in [0.25, 0.3) is 0 Å². The Labute approximate surface area is 140 Å². The molecule has 5 heteroatoms. The molecule has 0 unspecified atom stereocenters. The maximum atomic E-state index is 11.8. The lowest BCUT2D eigenvalue weighted by molar-refractivity contribution is -0.123. The molecule has 0 aliphatic heterocycles. The van der Waals surface area contributed by atoms with Gasteiger partial charge in [0.05, 0.1) is 6.21 Å². The van der Waals surface area contributed by atoms with Crippen molar-refractivity contribution in [3.63, 3.8) is 0 Å². The van der Waals surface area contributed by atoms with Crippen molar-refractivity contribution >= 4 is 23.9 Å². The van der Waals surface area contributed by atoms with Gasteiger partial charge >= 0.3 is 0 Å². The van der Waals surface area contributed by atoms with E-state index >= 15 is 0 Å². The molecule has 0 radical (unpaired) electrons. The normalized spacial score (nSPS) is 10.7. The summed E-state index contributed by atoms with van der Waals surface area (Å²) in [7, 11) is 0. The van der Waals surface area contributed by atoms with E-state index in [4.69, 9.17) is 4.74 Å². The molecule has 2 aromatic carbocycles. The van der Waals surface area contributed by atoms with Gasteiger partial charge < -0.3 is 4.74 Å². The minimum atomic E-state index is -0.289. The fourth-order valence-electron chi connectivity index (χ4n) is 1.92. The third-order valence-corrected chi connectivity index (χ3v) is 4.18. The Morgan fingerprint density at radius 2 is 1.96 bits per heavy atom. The lowest BCUT2D eigenvalue weighted by Crippen LogP contribution is -2.24. The fraction of sp³-hybridized carbons (Fsp3) is 0.222. The zero-order chi connectivity index (χ0) is 16.7. The monoisotopic (exact) mass is 328 g/mol. The number of hydrazone groups is 1. The lowest BCUT2D eigenvalue weighted by atomic mass is 10.1. The number of nitrogens with one attached hydrogen (secondary N) is 1. The molecule has 4 nitrogen and oxygen atoms in total. The van der Waals surface area contributed by atoms with Crippen molar-refractivity contribution in [2.75, 3.05) is 12.9 Å². The molecule has 0 aliphatic rings. The van der Waals surface area contributed by atoms with Gasteiger partial charge in [-0.2, -0.15) is 5.10 Å². The predicted octanol–water partition coefficient (Wildman–Crippen LogP) is 3.55. The summed E-state index contributed by atoms with van der Waals surface area (Å²) in [5.41, 5.74) is 5.57. The van der Waals surface area contributed by atoms with Crippen molar-refractivity contribution in [3.05, 3.63) is 59.2 Å². The number of nitrogens with zero attached hydrogens (tertiary/aromatic N) is 1. The van der Waals surface area contributed by atoms with Gasteiger partial charge in [-0.05, 0) is 55.0 Å². The van der Waals surface area contributed by atoms with Gasteiger partial charge in [-0.25, -0.2) is 5.43 Å². The van der Waals surface area contributed by atoms with Gasteiger partial charge in [0.25, 0.3) is 5.91 Å². The second-order valence-electron chi connectivity index (χ2n) is 5.05. The Morgan fingerprint density at radius 3 is 2.65 bits per heavy atom. The smallest absolute Gasteiger partial charge is 0.277 e. The van der Waals surface area contributed by atoms with Crippen LogP contribution in [-0.4, -0.2) is 25.0 Å². The summed E-state index contributed by atoms with van der Waals surface area (Å²) in [5.74, 6) is 0.430. The van der Waals surface area contributed by atoms with Gasteiger partial charge in [0.15, 0.2) is 6.61 Å². The van der Waals surface area contributed by atoms with Crippen molar-refractivity contribution in [2.45, 2.75) is 18.7 Å². The number of rotatable bonds is 6. The zero-order valence-corrected chi connectivity index (χ0v) is 14.3. The largest absolute Gasteiger partial charge is 0.483 e. The van der Waals surface area contributed by atoms with Crippen LogP contribution in [-0.2, 0) is 4.79 Å². The average molecular weight is 328 g/mol. The number of hydrogen-bond acceptors (Lipinski definition) is 4. The van der Waals surface area contributed by atoms with Crippen LogP contribution >= 0.6 is 11.8 Å². The molecule has 2 rings (SSSR count). The van der Waals surface area contributed by atoms with Gasteiger partial charge in [0, 0.05) is 4.90 Å². The Bertz CT molecular complexity index is 697. The molecule has 0 aliphatic carbocycles. The summed E-state index contributed by atoms with van der Waals surface area (Å²) in [4.78, 5) is 12.9. The highest BCUT2D eigenvalue weighted by Gasteiger charge is 2.05. The Kier molecular flexibility index (Phi) is 6.23. The Morgan fingerprint density at radius 1 is 1.22 bits per heavy atom. The SMILES string of the molecule is CSc1ccc(/C=N\NC(=O)COc2cccc(C)c2C)cc1. The quantitative estimate of drug-likeness (QED) is 0.501. The van der Waals surface area contributed by atoms with E-state index in [2.05, 4.69) is 10.5 Å². The molecule has 120 valence electrons. The van der Waals surface area contributed by atoms with Crippen LogP contribution in [0.1, 0.15) is 16.7 Å². The standard InChI is InChI=1S/C18H20N2O2S/c1-13-5-4-6-17(14(13)2)22-12-18(21)20-19-11-15-7-9-16(23-3)10-8-15/h4-11H,12H2,1-3H3,(H,20,21)/b19-11-. The van der Waals surface area contributed by atoms with E-state index in [1.54, 1.807) is 18.0 Å². The molecule has 0 spiro atoms. The molecular formula is C18H20N2O2S. The number of carbonyl (C=O) groups is 1. The number of carbonyl (C=O) groups excluding carboxylic acids is 1. The van der Waals surface area contributed by atoms with Crippen molar-refractivity contribution in [1.29, 1.82) is 0 Å². The first-order valence-corrected chi connectivity index (χ1v) is 8.47. The molecule has 0 heterocycles. The van der Waals surface area contributed by atoms with Crippen LogP contribution in [0.2, 0.25) is 0 Å². The van der Waals surface area contributed by atoms with Crippen LogP contribution in [0.5, 0.6) is 5.75 Å². The predicted molar refractivity (Wildman–Crippen MR) is 95.4 cm³/mol. The van der Waals surface area contributed by atoms with Gasteiger partial charge in [-0.3, -0.25) is 4.79 Å². The van der Waals surface area contributed by atoms with Crippen molar-refractivity contribution in [1.82, 2.24) is 5.43 Å². The minimum absolute atomic E-state index is 0.0625. The summed E-state index contributed by atoms with van der Waals surface area (Å²) in [6.45, 7) is 3.92. The van der Waals surface area contributed by atoms with E-state index < -0.39 is 0 Å². The molecular weight excluding hydrogens is 308 g/mol. The average Bonchev–Trinajstić information content (AvgIpc) is 2.57. The van der Waals surface area contributed by atoms with Gasteiger partial charge in [0.2, 0.25) is 0 Å². The molecule has 0 aromatic heterocycles. The number of benzene rings is 2.